The fourth-order valence-electron chi connectivity index (χ4n) is 2.96. The van der Waals surface area contributed by atoms with Crippen LogP contribution in [0.4, 0.5) is 11.8 Å². The first kappa shape index (κ1) is 21.5. The van der Waals surface area contributed by atoms with Crippen molar-refractivity contribution in [2.24, 2.45) is 5.73 Å². The molecular formula is C21H19Cl2N9. The molecule has 0 fully saturated rings. The number of amidine groups is 1. The van der Waals surface area contributed by atoms with Crippen LogP contribution in [0, 0.1) is 5.41 Å². The van der Waals surface area contributed by atoms with Crippen LogP contribution in [0.2, 0.25) is 10.0 Å². The van der Waals surface area contributed by atoms with E-state index in [1.54, 1.807) is 49.1 Å². The predicted molar refractivity (Wildman–Crippen MR) is 127 cm³/mol. The van der Waals surface area contributed by atoms with Gasteiger partial charge in [0.25, 0.3) is 0 Å². The van der Waals surface area contributed by atoms with Gasteiger partial charge in [-0.25, -0.2) is 19.9 Å². The van der Waals surface area contributed by atoms with Crippen LogP contribution >= 0.6 is 23.2 Å². The minimum absolute atomic E-state index is 0.0162. The van der Waals surface area contributed by atoms with Gasteiger partial charge in [0.15, 0.2) is 0 Å². The number of nitrogens with two attached hydrogens (primary N) is 1. The van der Waals surface area contributed by atoms with E-state index >= 15 is 0 Å². The molecule has 3 aromatic heterocycles. The number of imidazole rings is 1. The van der Waals surface area contributed by atoms with Crippen molar-refractivity contribution in [1.29, 1.82) is 5.41 Å². The van der Waals surface area contributed by atoms with Crippen LogP contribution in [0.25, 0.3) is 22.6 Å². The lowest BCUT2D eigenvalue weighted by molar-refractivity contribution is 1.02. The van der Waals surface area contributed by atoms with Gasteiger partial charge in [0.2, 0.25) is 5.95 Å². The van der Waals surface area contributed by atoms with Crippen molar-refractivity contribution < 1.29 is 0 Å². The van der Waals surface area contributed by atoms with E-state index in [1.807, 2.05) is 6.07 Å². The lowest BCUT2D eigenvalue weighted by Gasteiger charge is -2.12. The molecule has 6 N–H and O–H groups in total. The number of hydrogen-bond donors (Lipinski definition) is 5. The highest BCUT2D eigenvalue weighted by Gasteiger charge is 2.16. The molecule has 9 nitrogen and oxygen atoms in total. The SMILES string of the molecule is N=C(N)c1ccc(NCCNc2ncc(-c3ncc[nH]3)c(-c3ccc(Cl)cc3Cl)n2)nc1. The number of nitrogen functional groups attached to an aromatic ring is 1. The second-order valence-corrected chi connectivity index (χ2v) is 7.56. The van der Waals surface area contributed by atoms with Crippen molar-refractivity contribution in [3.8, 4) is 22.6 Å². The summed E-state index contributed by atoms with van der Waals surface area (Å²) in [5, 5.41) is 14.8. The number of rotatable bonds is 8. The number of halogens is 2. The molecule has 0 aliphatic heterocycles. The molecule has 0 aliphatic rings. The Morgan fingerprint density at radius 2 is 1.84 bits per heavy atom. The van der Waals surface area contributed by atoms with E-state index in [4.69, 9.17) is 34.3 Å². The third-order valence-electron chi connectivity index (χ3n) is 4.52. The molecule has 162 valence electrons. The molecule has 4 rings (SSSR count). The summed E-state index contributed by atoms with van der Waals surface area (Å²) in [4.78, 5) is 20.7. The summed E-state index contributed by atoms with van der Waals surface area (Å²) >= 11 is 12.5. The lowest BCUT2D eigenvalue weighted by Crippen LogP contribution is -2.16. The number of anilines is 2. The number of H-pyrrole nitrogens is 1. The fourth-order valence-corrected chi connectivity index (χ4v) is 3.46. The summed E-state index contributed by atoms with van der Waals surface area (Å²) in [5.41, 5.74) is 8.09. The normalized spacial score (nSPS) is 10.7. The molecule has 1 aromatic carbocycles. The Kier molecular flexibility index (Phi) is 6.48. The quantitative estimate of drug-likeness (QED) is 0.149. The van der Waals surface area contributed by atoms with Crippen LogP contribution in [-0.2, 0) is 0 Å². The molecule has 0 amide bonds. The Balaban J connectivity index is 1.49. The second-order valence-electron chi connectivity index (χ2n) is 6.72. The zero-order valence-electron chi connectivity index (χ0n) is 16.7. The van der Waals surface area contributed by atoms with Gasteiger partial charge in [-0.1, -0.05) is 23.2 Å². The first-order valence-corrected chi connectivity index (χ1v) is 10.4. The number of aromatic nitrogens is 5. The molecule has 11 heteroatoms. The van der Waals surface area contributed by atoms with Gasteiger partial charge in [-0.05, 0) is 30.3 Å². The Labute approximate surface area is 194 Å². The van der Waals surface area contributed by atoms with E-state index in [0.29, 0.717) is 52.0 Å². The van der Waals surface area contributed by atoms with E-state index in [9.17, 15) is 0 Å². The number of benzene rings is 1. The van der Waals surface area contributed by atoms with Crippen LogP contribution in [-0.4, -0.2) is 43.8 Å². The van der Waals surface area contributed by atoms with Gasteiger partial charge in [-0.15, -0.1) is 0 Å². The van der Waals surface area contributed by atoms with Crippen molar-refractivity contribution in [2.45, 2.75) is 0 Å². The van der Waals surface area contributed by atoms with E-state index < -0.39 is 0 Å². The van der Waals surface area contributed by atoms with Gasteiger partial charge in [0, 0.05) is 54.0 Å². The third-order valence-corrected chi connectivity index (χ3v) is 5.06. The predicted octanol–water partition coefficient (Wildman–Crippen LogP) is 4.04. The Morgan fingerprint density at radius 1 is 1.00 bits per heavy atom. The van der Waals surface area contributed by atoms with Crippen LogP contribution in [0.5, 0.6) is 0 Å². The number of aromatic amines is 1. The molecule has 4 aromatic rings. The van der Waals surface area contributed by atoms with Gasteiger partial charge in [-0.2, -0.15) is 0 Å². The van der Waals surface area contributed by atoms with Gasteiger partial charge in [-0.3, -0.25) is 5.41 Å². The molecule has 0 radical (unpaired) electrons. The minimum Gasteiger partial charge on any atom is -0.384 e. The van der Waals surface area contributed by atoms with Gasteiger partial charge in [0.1, 0.15) is 17.5 Å². The van der Waals surface area contributed by atoms with E-state index in [1.165, 1.54) is 0 Å². The first-order chi connectivity index (χ1) is 15.5. The maximum atomic E-state index is 7.41. The van der Waals surface area contributed by atoms with Crippen molar-refractivity contribution in [2.75, 3.05) is 23.7 Å². The van der Waals surface area contributed by atoms with Gasteiger partial charge < -0.3 is 21.4 Å². The Bertz CT molecular complexity index is 1220. The zero-order chi connectivity index (χ0) is 22.5. The highest BCUT2D eigenvalue weighted by molar-refractivity contribution is 6.36. The maximum absolute atomic E-state index is 7.41. The van der Waals surface area contributed by atoms with E-state index in [-0.39, 0.29) is 5.84 Å². The largest absolute Gasteiger partial charge is 0.384 e. The topological polar surface area (TPSA) is 141 Å². The summed E-state index contributed by atoms with van der Waals surface area (Å²) in [6.07, 6.45) is 6.65. The van der Waals surface area contributed by atoms with Crippen molar-refractivity contribution >= 4 is 40.8 Å². The summed E-state index contributed by atoms with van der Waals surface area (Å²) in [5.74, 6) is 1.75. The van der Waals surface area contributed by atoms with Gasteiger partial charge >= 0.3 is 0 Å². The third kappa shape index (κ3) is 4.96. The zero-order valence-corrected chi connectivity index (χ0v) is 18.2. The smallest absolute Gasteiger partial charge is 0.223 e. The molecule has 0 saturated heterocycles. The minimum atomic E-state index is -0.0162. The molecule has 0 unspecified atom stereocenters. The summed E-state index contributed by atoms with van der Waals surface area (Å²) in [6, 6.07) is 8.77. The monoisotopic (exact) mass is 467 g/mol. The Hall–Kier alpha value is -3.69. The molecule has 3 heterocycles. The summed E-state index contributed by atoms with van der Waals surface area (Å²) < 4.78 is 0. The van der Waals surface area contributed by atoms with Crippen molar-refractivity contribution in [1.82, 2.24) is 24.9 Å². The maximum Gasteiger partial charge on any atom is 0.223 e. The molecule has 0 spiro atoms. The standard InChI is InChI=1S/C21H19Cl2N9/c22-13-2-3-14(16(23)9-13)18-15(20-27-6-7-28-20)11-31-21(32-18)29-8-5-26-17-4-1-12(10-30-17)19(24)25/h1-4,6-7,9-11H,5,8H2,(H3,24,25)(H,26,30)(H,27,28)(H,29,31,32). The number of nitrogens with one attached hydrogen (secondary N) is 4. The molecule has 32 heavy (non-hydrogen) atoms. The Morgan fingerprint density at radius 3 is 2.53 bits per heavy atom. The summed E-state index contributed by atoms with van der Waals surface area (Å²) in [6.45, 7) is 1.12. The average molecular weight is 468 g/mol. The average Bonchev–Trinajstić information content (AvgIpc) is 3.32. The molecular weight excluding hydrogens is 449 g/mol. The van der Waals surface area contributed by atoms with Crippen molar-refractivity contribution in [3.05, 3.63) is 70.7 Å². The van der Waals surface area contributed by atoms with Crippen molar-refractivity contribution in [3.63, 3.8) is 0 Å². The van der Waals surface area contributed by atoms with Crippen LogP contribution in [0.3, 0.4) is 0 Å². The number of nitrogens with zero attached hydrogens (tertiary/aromatic N) is 4. The summed E-state index contributed by atoms with van der Waals surface area (Å²) in [7, 11) is 0. The molecule has 0 aliphatic carbocycles. The highest BCUT2D eigenvalue weighted by Crippen LogP contribution is 2.34. The van der Waals surface area contributed by atoms with Crippen LogP contribution < -0.4 is 16.4 Å². The molecule has 0 atom stereocenters. The number of hydrogen-bond acceptors (Lipinski definition) is 7. The molecule has 0 saturated carbocycles. The van der Waals surface area contributed by atoms with E-state index in [2.05, 4.69) is 35.6 Å². The number of pyridine rings is 1. The van der Waals surface area contributed by atoms with Gasteiger partial charge in [0.05, 0.1) is 16.3 Å². The van der Waals surface area contributed by atoms with E-state index in [0.717, 1.165) is 11.1 Å². The molecule has 0 bridgehead atoms. The first-order valence-electron chi connectivity index (χ1n) is 9.61. The second kappa shape index (κ2) is 9.63. The van der Waals surface area contributed by atoms with Crippen LogP contribution in [0.1, 0.15) is 5.56 Å². The highest BCUT2D eigenvalue weighted by atomic mass is 35.5. The lowest BCUT2D eigenvalue weighted by atomic mass is 10.1. The fraction of sp³-hybridized carbons (Fsp3) is 0.0952. The van der Waals surface area contributed by atoms with Crippen LogP contribution in [0.15, 0.2) is 55.1 Å².